The first-order valence-electron chi connectivity index (χ1n) is 8.31. The van der Waals surface area contributed by atoms with E-state index in [9.17, 15) is 9.59 Å². The van der Waals surface area contributed by atoms with Crippen molar-refractivity contribution >= 4 is 5.91 Å². The third kappa shape index (κ3) is 3.72. The molecule has 0 aliphatic carbocycles. The first-order valence-corrected chi connectivity index (χ1v) is 8.31. The van der Waals surface area contributed by atoms with E-state index in [2.05, 4.69) is 9.97 Å². The number of aryl methyl sites for hydroxylation is 1. The van der Waals surface area contributed by atoms with Crippen molar-refractivity contribution < 1.29 is 9.53 Å². The minimum absolute atomic E-state index is 0.0398. The molecular weight excluding hydrogens is 334 g/mol. The van der Waals surface area contributed by atoms with Gasteiger partial charge in [0.05, 0.1) is 24.5 Å². The van der Waals surface area contributed by atoms with Gasteiger partial charge in [-0.15, -0.1) is 0 Å². The predicted octanol–water partition coefficient (Wildman–Crippen LogP) is 0.807. The lowest BCUT2D eigenvalue weighted by Gasteiger charge is -2.17. The monoisotopic (exact) mass is 353 g/mol. The molecule has 8 heteroatoms. The van der Waals surface area contributed by atoms with E-state index >= 15 is 0 Å². The minimum Gasteiger partial charge on any atom is -0.472 e. The molecule has 26 heavy (non-hydrogen) atoms. The summed E-state index contributed by atoms with van der Waals surface area (Å²) in [6.07, 6.45) is 3.41. The molecule has 1 fully saturated rings. The third-order valence-corrected chi connectivity index (χ3v) is 4.47. The third-order valence-electron chi connectivity index (χ3n) is 4.47. The highest BCUT2D eigenvalue weighted by Crippen LogP contribution is 2.17. The summed E-state index contributed by atoms with van der Waals surface area (Å²) in [7, 11) is 0. The molecule has 0 saturated carbocycles. The number of pyridine rings is 1. The molecule has 0 aromatic carbocycles. The standard InChI is InChI=1S/C18H19N5O3/c1-12-13(2)21-11-23(18(12)25)10-17(24)22-6-4-15(9-22)26-16-7-14(8-19)3-5-20-16/h3,5,7,11,15H,4,6,9-10H2,1-2H3. The zero-order valence-electron chi connectivity index (χ0n) is 14.7. The number of carbonyl (C=O) groups excluding carboxylic acids is 1. The Bertz CT molecular complexity index is 931. The van der Waals surface area contributed by atoms with Crippen LogP contribution in [0, 0.1) is 25.2 Å². The van der Waals surface area contributed by atoms with Gasteiger partial charge in [0, 0.05) is 36.5 Å². The van der Waals surface area contributed by atoms with Crippen LogP contribution in [0.1, 0.15) is 23.2 Å². The maximum absolute atomic E-state index is 12.5. The van der Waals surface area contributed by atoms with Gasteiger partial charge in [-0.05, 0) is 19.9 Å². The molecule has 0 spiro atoms. The number of hydrogen-bond donors (Lipinski definition) is 0. The van der Waals surface area contributed by atoms with E-state index in [0.29, 0.717) is 42.2 Å². The van der Waals surface area contributed by atoms with Crippen molar-refractivity contribution in [3.63, 3.8) is 0 Å². The van der Waals surface area contributed by atoms with Gasteiger partial charge < -0.3 is 9.64 Å². The summed E-state index contributed by atoms with van der Waals surface area (Å²) >= 11 is 0. The number of carbonyl (C=O) groups is 1. The van der Waals surface area contributed by atoms with E-state index in [1.165, 1.54) is 17.1 Å². The van der Waals surface area contributed by atoms with Crippen LogP contribution in [0.15, 0.2) is 29.5 Å². The Balaban J connectivity index is 1.61. The maximum atomic E-state index is 12.5. The molecule has 0 bridgehead atoms. The molecule has 134 valence electrons. The lowest BCUT2D eigenvalue weighted by Crippen LogP contribution is -2.36. The average Bonchev–Trinajstić information content (AvgIpc) is 3.11. The Kier molecular flexibility index (Phi) is 4.98. The Labute approximate surface area is 150 Å². The highest BCUT2D eigenvalue weighted by molar-refractivity contribution is 5.76. The van der Waals surface area contributed by atoms with Crippen LogP contribution in [0.3, 0.4) is 0 Å². The van der Waals surface area contributed by atoms with Crippen molar-refractivity contribution in [1.82, 2.24) is 19.4 Å². The quantitative estimate of drug-likeness (QED) is 0.806. The SMILES string of the molecule is Cc1ncn(CC(=O)N2CCC(Oc3cc(C#N)ccn3)C2)c(=O)c1C. The fourth-order valence-corrected chi connectivity index (χ4v) is 2.80. The van der Waals surface area contributed by atoms with Crippen LogP contribution in [-0.2, 0) is 11.3 Å². The number of rotatable bonds is 4. The van der Waals surface area contributed by atoms with Crippen LogP contribution in [0.4, 0.5) is 0 Å². The van der Waals surface area contributed by atoms with Gasteiger partial charge in [0.15, 0.2) is 0 Å². The maximum Gasteiger partial charge on any atom is 0.256 e. The Morgan fingerprint density at radius 3 is 3.00 bits per heavy atom. The normalized spacial score (nSPS) is 16.3. The van der Waals surface area contributed by atoms with Gasteiger partial charge in [-0.1, -0.05) is 0 Å². The fourth-order valence-electron chi connectivity index (χ4n) is 2.80. The molecule has 1 aliphatic rings. The summed E-state index contributed by atoms with van der Waals surface area (Å²) in [5.41, 5.74) is 1.49. The number of aromatic nitrogens is 3. The highest BCUT2D eigenvalue weighted by atomic mass is 16.5. The van der Waals surface area contributed by atoms with Crippen molar-refractivity contribution in [2.24, 2.45) is 0 Å². The molecule has 8 nitrogen and oxygen atoms in total. The number of hydrogen-bond acceptors (Lipinski definition) is 6. The Morgan fingerprint density at radius 2 is 2.23 bits per heavy atom. The first-order chi connectivity index (χ1) is 12.5. The van der Waals surface area contributed by atoms with Gasteiger partial charge in [-0.2, -0.15) is 5.26 Å². The number of ether oxygens (including phenoxy) is 1. The summed E-state index contributed by atoms with van der Waals surface area (Å²) in [5.74, 6) is 0.222. The second-order valence-electron chi connectivity index (χ2n) is 6.25. The van der Waals surface area contributed by atoms with E-state index in [-0.39, 0.29) is 24.1 Å². The molecule has 1 unspecified atom stereocenters. The highest BCUT2D eigenvalue weighted by Gasteiger charge is 2.28. The summed E-state index contributed by atoms with van der Waals surface area (Å²) in [5, 5.41) is 8.92. The van der Waals surface area contributed by atoms with Crippen molar-refractivity contribution in [1.29, 1.82) is 5.26 Å². The molecule has 2 aromatic heterocycles. The molecule has 1 aliphatic heterocycles. The molecule has 0 N–H and O–H groups in total. The second kappa shape index (κ2) is 7.35. The number of nitriles is 1. The van der Waals surface area contributed by atoms with Gasteiger partial charge in [-0.25, -0.2) is 9.97 Å². The summed E-state index contributed by atoms with van der Waals surface area (Å²) < 4.78 is 7.10. The van der Waals surface area contributed by atoms with E-state index < -0.39 is 0 Å². The van der Waals surface area contributed by atoms with Crippen molar-refractivity contribution in [3.8, 4) is 11.9 Å². The van der Waals surface area contributed by atoms with Gasteiger partial charge >= 0.3 is 0 Å². The molecule has 0 radical (unpaired) electrons. The molecule has 1 atom stereocenters. The minimum atomic E-state index is -0.199. The summed E-state index contributed by atoms with van der Waals surface area (Å²) in [6, 6.07) is 5.22. The summed E-state index contributed by atoms with van der Waals surface area (Å²) in [4.78, 5) is 34.6. The van der Waals surface area contributed by atoms with Crippen molar-refractivity contribution in [3.05, 3.63) is 51.8 Å². The van der Waals surface area contributed by atoms with Crippen LogP contribution >= 0.6 is 0 Å². The molecule has 1 amide bonds. The van der Waals surface area contributed by atoms with Crippen LogP contribution < -0.4 is 10.3 Å². The molecule has 1 saturated heterocycles. The van der Waals surface area contributed by atoms with Gasteiger partial charge in [-0.3, -0.25) is 14.2 Å². The summed E-state index contributed by atoms with van der Waals surface area (Å²) in [6.45, 7) is 4.40. The second-order valence-corrected chi connectivity index (χ2v) is 6.25. The molecule has 3 heterocycles. The first kappa shape index (κ1) is 17.6. The van der Waals surface area contributed by atoms with E-state index in [0.717, 1.165) is 0 Å². The van der Waals surface area contributed by atoms with Crippen LogP contribution in [-0.4, -0.2) is 44.5 Å². The van der Waals surface area contributed by atoms with Gasteiger partial charge in [0.25, 0.3) is 5.56 Å². The van der Waals surface area contributed by atoms with Crippen LogP contribution in [0.25, 0.3) is 0 Å². The lowest BCUT2D eigenvalue weighted by atomic mass is 10.3. The molecule has 2 aromatic rings. The Morgan fingerprint density at radius 1 is 1.42 bits per heavy atom. The smallest absolute Gasteiger partial charge is 0.256 e. The van der Waals surface area contributed by atoms with Crippen molar-refractivity contribution in [2.45, 2.75) is 32.9 Å². The number of nitrogens with zero attached hydrogens (tertiary/aromatic N) is 5. The lowest BCUT2D eigenvalue weighted by molar-refractivity contribution is -0.131. The van der Waals surface area contributed by atoms with Gasteiger partial charge in [0.1, 0.15) is 12.6 Å². The number of likely N-dealkylation sites (tertiary alicyclic amines) is 1. The Hall–Kier alpha value is -3.21. The molecule has 3 rings (SSSR count). The topological polar surface area (TPSA) is 101 Å². The zero-order valence-corrected chi connectivity index (χ0v) is 14.7. The van der Waals surface area contributed by atoms with Crippen LogP contribution in [0.5, 0.6) is 5.88 Å². The van der Waals surface area contributed by atoms with E-state index in [4.69, 9.17) is 10.00 Å². The zero-order chi connectivity index (χ0) is 18.7. The fraction of sp³-hybridized carbons (Fsp3) is 0.389. The number of amides is 1. The van der Waals surface area contributed by atoms with Crippen molar-refractivity contribution in [2.75, 3.05) is 13.1 Å². The largest absolute Gasteiger partial charge is 0.472 e. The van der Waals surface area contributed by atoms with Crippen LogP contribution in [0.2, 0.25) is 0 Å². The van der Waals surface area contributed by atoms with Gasteiger partial charge in [0.2, 0.25) is 11.8 Å². The molecular formula is C18H19N5O3. The predicted molar refractivity (Wildman–Crippen MR) is 92.5 cm³/mol. The van der Waals surface area contributed by atoms with E-state index in [1.54, 1.807) is 30.9 Å². The average molecular weight is 353 g/mol. The van der Waals surface area contributed by atoms with E-state index in [1.807, 2.05) is 6.07 Å².